The van der Waals surface area contributed by atoms with Crippen LogP contribution in [-0.4, -0.2) is 51.3 Å². The molecule has 5 heterocycles. The third-order valence-electron chi connectivity index (χ3n) is 5.30. The predicted octanol–water partition coefficient (Wildman–Crippen LogP) is 2.88. The summed E-state index contributed by atoms with van der Waals surface area (Å²) in [5.41, 5.74) is 4.45. The molecule has 0 saturated carbocycles. The molecule has 1 aliphatic heterocycles. The molecule has 0 amide bonds. The highest BCUT2D eigenvalue weighted by Gasteiger charge is 2.22. The Morgan fingerprint density at radius 3 is 2.93 bits per heavy atom. The van der Waals surface area contributed by atoms with E-state index in [4.69, 9.17) is 4.98 Å². The Bertz CT molecular complexity index is 1110. The van der Waals surface area contributed by atoms with Gasteiger partial charge in [-0.25, -0.2) is 4.98 Å². The van der Waals surface area contributed by atoms with E-state index >= 15 is 0 Å². The van der Waals surface area contributed by atoms with Gasteiger partial charge in [0.05, 0.1) is 23.1 Å². The third-order valence-corrected chi connectivity index (χ3v) is 5.30. The molecule has 4 aromatic heterocycles. The van der Waals surface area contributed by atoms with Gasteiger partial charge in [0.2, 0.25) is 0 Å². The predicted molar refractivity (Wildman–Crippen MR) is 110 cm³/mol. The van der Waals surface area contributed by atoms with Gasteiger partial charge < -0.3 is 10.2 Å². The van der Waals surface area contributed by atoms with Crippen molar-refractivity contribution in [1.82, 2.24) is 30.5 Å². The van der Waals surface area contributed by atoms with Crippen molar-refractivity contribution in [1.29, 1.82) is 0 Å². The van der Waals surface area contributed by atoms with E-state index in [2.05, 4.69) is 36.4 Å². The molecule has 7 nitrogen and oxygen atoms in total. The van der Waals surface area contributed by atoms with Crippen molar-refractivity contribution < 1.29 is 0 Å². The molecule has 0 spiro atoms. The summed E-state index contributed by atoms with van der Waals surface area (Å²) in [6.45, 7) is 1.99. The number of anilines is 1. The first-order valence-electron chi connectivity index (χ1n) is 9.46. The monoisotopic (exact) mass is 371 g/mol. The van der Waals surface area contributed by atoms with E-state index in [9.17, 15) is 0 Å². The summed E-state index contributed by atoms with van der Waals surface area (Å²) in [4.78, 5) is 16.0. The van der Waals surface area contributed by atoms with Crippen LogP contribution in [0, 0.1) is 0 Å². The Labute approximate surface area is 162 Å². The fourth-order valence-electron chi connectivity index (χ4n) is 3.72. The summed E-state index contributed by atoms with van der Waals surface area (Å²) in [6.07, 6.45) is 6.53. The molecule has 0 radical (unpaired) electrons. The molecule has 1 fully saturated rings. The fraction of sp³-hybridized carbons (Fsp3) is 0.238. The number of aromatic amines is 1. The molecular weight excluding hydrogens is 350 g/mol. The molecule has 0 aliphatic carbocycles. The topological polar surface area (TPSA) is 82.6 Å². The van der Waals surface area contributed by atoms with Gasteiger partial charge in [-0.05, 0) is 43.8 Å². The largest absolute Gasteiger partial charge is 0.355 e. The van der Waals surface area contributed by atoms with Crippen LogP contribution in [0.4, 0.5) is 5.82 Å². The third kappa shape index (κ3) is 2.99. The van der Waals surface area contributed by atoms with Crippen molar-refractivity contribution in [3.05, 3.63) is 55.0 Å². The molecule has 0 bridgehead atoms. The number of aromatic nitrogens is 5. The van der Waals surface area contributed by atoms with Crippen LogP contribution in [0.25, 0.3) is 33.5 Å². The number of H-pyrrole nitrogens is 1. The Hall–Kier alpha value is -3.32. The number of pyridine rings is 3. The number of rotatable bonds is 4. The van der Waals surface area contributed by atoms with Crippen molar-refractivity contribution in [2.45, 2.75) is 12.5 Å². The summed E-state index contributed by atoms with van der Waals surface area (Å²) in [5.74, 6) is 0.993. The first kappa shape index (κ1) is 16.8. The summed E-state index contributed by atoms with van der Waals surface area (Å²) in [7, 11) is 2.02. The van der Waals surface area contributed by atoms with Crippen molar-refractivity contribution >= 4 is 16.7 Å². The second-order valence-electron chi connectivity index (χ2n) is 7.03. The second kappa shape index (κ2) is 7.01. The van der Waals surface area contributed by atoms with Gasteiger partial charge >= 0.3 is 0 Å². The molecule has 4 aromatic rings. The normalized spacial score (nSPS) is 16.8. The molecule has 1 atom stereocenters. The molecule has 28 heavy (non-hydrogen) atoms. The quantitative estimate of drug-likeness (QED) is 0.574. The number of nitrogens with zero attached hydrogens (tertiary/aromatic N) is 5. The number of likely N-dealkylation sites (N-methyl/N-ethyl adjacent to an activating group) is 1. The Balaban J connectivity index is 1.54. The average molecular weight is 371 g/mol. The van der Waals surface area contributed by atoms with Crippen molar-refractivity contribution in [3.63, 3.8) is 0 Å². The molecule has 2 N–H and O–H groups in total. The highest BCUT2D eigenvalue weighted by atomic mass is 15.2. The van der Waals surface area contributed by atoms with Crippen molar-refractivity contribution in [2.75, 3.05) is 25.0 Å². The molecule has 5 rings (SSSR count). The van der Waals surface area contributed by atoms with Crippen LogP contribution >= 0.6 is 0 Å². The highest BCUT2D eigenvalue weighted by molar-refractivity contribution is 5.93. The fourth-order valence-corrected chi connectivity index (χ4v) is 3.72. The van der Waals surface area contributed by atoms with E-state index in [1.54, 1.807) is 6.20 Å². The van der Waals surface area contributed by atoms with Crippen LogP contribution in [0.5, 0.6) is 0 Å². The summed E-state index contributed by atoms with van der Waals surface area (Å²) >= 11 is 0. The lowest BCUT2D eigenvalue weighted by Crippen LogP contribution is -2.29. The van der Waals surface area contributed by atoms with E-state index in [-0.39, 0.29) is 0 Å². The van der Waals surface area contributed by atoms with E-state index < -0.39 is 0 Å². The van der Waals surface area contributed by atoms with Crippen LogP contribution in [0.2, 0.25) is 0 Å². The van der Waals surface area contributed by atoms with Gasteiger partial charge in [0.1, 0.15) is 11.5 Å². The van der Waals surface area contributed by atoms with Crippen molar-refractivity contribution in [3.8, 4) is 22.6 Å². The van der Waals surface area contributed by atoms with Gasteiger partial charge in [-0.15, -0.1) is 0 Å². The summed E-state index contributed by atoms with van der Waals surface area (Å²) in [5, 5.41) is 12.0. The average Bonchev–Trinajstić information content (AvgIpc) is 3.41. The molecule has 1 aliphatic rings. The maximum Gasteiger partial charge on any atom is 0.129 e. The van der Waals surface area contributed by atoms with E-state index in [1.807, 2.05) is 49.8 Å². The van der Waals surface area contributed by atoms with Gasteiger partial charge in [-0.1, -0.05) is 6.07 Å². The van der Waals surface area contributed by atoms with Crippen LogP contribution in [0.15, 0.2) is 55.0 Å². The maximum absolute atomic E-state index is 4.90. The first-order chi connectivity index (χ1) is 13.8. The smallest absolute Gasteiger partial charge is 0.129 e. The highest BCUT2D eigenvalue weighted by Crippen LogP contribution is 2.29. The van der Waals surface area contributed by atoms with Crippen LogP contribution in [0.1, 0.15) is 6.42 Å². The second-order valence-corrected chi connectivity index (χ2v) is 7.03. The lowest BCUT2D eigenvalue weighted by molar-refractivity contribution is 0.616. The van der Waals surface area contributed by atoms with Gasteiger partial charge in [-0.3, -0.25) is 15.1 Å². The number of fused-ring (bicyclic) bond motifs is 1. The zero-order valence-electron chi connectivity index (χ0n) is 15.6. The molecule has 7 heteroatoms. The molecule has 0 aromatic carbocycles. The summed E-state index contributed by atoms with van der Waals surface area (Å²) < 4.78 is 0. The standard InChI is InChI=1S/C21H21N7/c1-22-15-7-9-28(13-15)20-6-2-5-17(25-20)21-16-10-18(14-4-3-8-23-11-14)24-12-19(16)26-27-21/h2-6,8,10-12,15,22H,7,9,13H2,1H3,(H,26,27)/t15-/m0/s1. The van der Waals surface area contributed by atoms with E-state index in [1.165, 1.54) is 0 Å². The van der Waals surface area contributed by atoms with Gasteiger partial charge in [0, 0.05) is 42.5 Å². The van der Waals surface area contributed by atoms with Crippen molar-refractivity contribution in [2.24, 2.45) is 0 Å². The number of nitrogens with one attached hydrogen (secondary N) is 2. The Morgan fingerprint density at radius 2 is 2.11 bits per heavy atom. The minimum absolute atomic E-state index is 0.518. The lowest BCUT2D eigenvalue weighted by atomic mass is 10.1. The number of hydrogen-bond donors (Lipinski definition) is 2. The zero-order valence-corrected chi connectivity index (χ0v) is 15.6. The zero-order chi connectivity index (χ0) is 18.9. The molecule has 0 unspecified atom stereocenters. The minimum Gasteiger partial charge on any atom is -0.355 e. The van der Waals surface area contributed by atoms with Crippen LogP contribution < -0.4 is 10.2 Å². The molecule has 140 valence electrons. The maximum atomic E-state index is 4.90. The molecular formula is C21H21N7. The summed E-state index contributed by atoms with van der Waals surface area (Å²) in [6, 6.07) is 12.6. The van der Waals surface area contributed by atoms with Gasteiger partial charge in [-0.2, -0.15) is 5.10 Å². The minimum atomic E-state index is 0.518. The molecule has 1 saturated heterocycles. The van der Waals surface area contributed by atoms with Crippen LogP contribution in [-0.2, 0) is 0 Å². The Morgan fingerprint density at radius 1 is 1.14 bits per heavy atom. The Kier molecular flexibility index (Phi) is 4.21. The van der Waals surface area contributed by atoms with Crippen LogP contribution in [0.3, 0.4) is 0 Å². The van der Waals surface area contributed by atoms with E-state index in [0.29, 0.717) is 6.04 Å². The SMILES string of the molecule is CN[C@H]1CCN(c2cccc(-c3n[nH]c4cnc(-c5cccnc5)cc34)n2)C1. The first-order valence-corrected chi connectivity index (χ1v) is 9.46. The van der Waals surface area contributed by atoms with Gasteiger partial charge in [0.25, 0.3) is 0 Å². The van der Waals surface area contributed by atoms with Gasteiger partial charge in [0.15, 0.2) is 0 Å². The number of hydrogen-bond acceptors (Lipinski definition) is 6. The lowest BCUT2D eigenvalue weighted by Gasteiger charge is -2.17. The van der Waals surface area contributed by atoms with E-state index in [0.717, 1.165) is 58.9 Å².